The van der Waals surface area contributed by atoms with Gasteiger partial charge in [0.05, 0.1) is 56.1 Å². The van der Waals surface area contributed by atoms with E-state index < -0.39 is 10.8 Å². The lowest BCUT2D eigenvalue weighted by Gasteiger charge is -2.53. The lowest BCUT2D eigenvalue weighted by molar-refractivity contribution is -0.0945. The van der Waals surface area contributed by atoms with E-state index in [0.29, 0.717) is 22.5 Å². The average Bonchev–Trinajstić information content (AvgIpc) is 4.00. The predicted molar refractivity (Wildman–Crippen MR) is 254 cm³/mol. The molecule has 6 aliphatic rings. The molecule has 2 saturated heterocycles. The number of hydrogen-bond donors (Lipinski definition) is 0. The topological polar surface area (TPSA) is 83.8 Å². The number of nitrogens with zero attached hydrogens (tertiary/aromatic N) is 4. The van der Waals surface area contributed by atoms with E-state index in [1.54, 1.807) is 0 Å². The number of rotatable bonds is 4. The molecular formula is C56H52N4O4. The summed E-state index contributed by atoms with van der Waals surface area (Å²) in [6.45, 7) is 17.9. The Labute approximate surface area is 375 Å². The van der Waals surface area contributed by atoms with Crippen LogP contribution < -0.4 is 10.1 Å². The number of aryl methyl sites for hydroxylation is 2. The minimum absolute atomic E-state index is 0.147. The van der Waals surface area contributed by atoms with Gasteiger partial charge in [0, 0.05) is 45.2 Å². The zero-order valence-corrected chi connectivity index (χ0v) is 37.6. The minimum atomic E-state index is -0.390. The van der Waals surface area contributed by atoms with Crippen molar-refractivity contribution in [2.75, 3.05) is 10.1 Å². The van der Waals surface area contributed by atoms with Crippen molar-refractivity contribution in [2.24, 2.45) is 20.8 Å². The van der Waals surface area contributed by atoms with E-state index in [0.717, 1.165) is 46.5 Å². The summed E-state index contributed by atoms with van der Waals surface area (Å²) in [7, 11) is 0. The van der Waals surface area contributed by atoms with Gasteiger partial charge in [-0.15, -0.1) is 0 Å². The Morgan fingerprint density at radius 2 is 0.859 bits per heavy atom. The van der Waals surface area contributed by atoms with E-state index in [-0.39, 0.29) is 35.1 Å². The number of hydroxylamine groups is 2. The molecule has 0 N–H and O–H groups in total. The van der Waals surface area contributed by atoms with Crippen LogP contribution in [0.4, 0.5) is 22.7 Å². The molecule has 4 heterocycles. The van der Waals surface area contributed by atoms with Crippen LogP contribution in [-0.4, -0.2) is 35.1 Å². The van der Waals surface area contributed by atoms with E-state index in [1.807, 2.05) is 48.5 Å². The molecule has 4 bridgehead atoms. The molecule has 0 aromatic heterocycles. The van der Waals surface area contributed by atoms with Crippen LogP contribution in [0, 0.1) is 24.7 Å². The lowest BCUT2D eigenvalue weighted by atomic mass is 9.63. The molecule has 320 valence electrons. The zero-order valence-electron chi connectivity index (χ0n) is 37.6. The molecular weight excluding hydrogens is 793 g/mol. The number of benzene rings is 6. The van der Waals surface area contributed by atoms with Gasteiger partial charge in [-0.1, -0.05) is 122 Å². The molecule has 8 heteroatoms. The molecule has 64 heavy (non-hydrogen) atoms. The van der Waals surface area contributed by atoms with Gasteiger partial charge in [0.15, 0.2) is 12.6 Å². The fourth-order valence-electron chi connectivity index (χ4n) is 12.8. The highest BCUT2D eigenvalue weighted by Gasteiger charge is 2.68. The maximum absolute atomic E-state index is 11.7. The quantitative estimate of drug-likeness (QED) is 0.164. The highest BCUT2D eigenvalue weighted by molar-refractivity contribution is 6.13. The van der Waals surface area contributed by atoms with Crippen molar-refractivity contribution in [3.8, 4) is 0 Å². The summed E-state index contributed by atoms with van der Waals surface area (Å²) >= 11 is 0. The summed E-state index contributed by atoms with van der Waals surface area (Å²) in [6.07, 6.45) is 1.48. The number of hydrogen-bond acceptors (Lipinski definition) is 8. The second-order valence-corrected chi connectivity index (χ2v) is 19.9. The first kappa shape index (κ1) is 40.3. The molecule has 6 aromatic carbocycles. The molecule has 0 unspecified atom stereocenters. The van der Waals surface area contributed by atoms with Gasteiger partial charge in [-0.25, -0.2) is 10.1 Å². The van der Waals surface area contributed by atoms with Crippen molar-refractivity contribution < 1.29 is 19.3 Å². The fraction of sp³-hybridized carbons (Fsp3) is 0.286. The third-order valence-corrected chi connectivity index (χ3v) is 15.2. The third kappa shape index (κ3) is 5.36. The van der Waals surface area contributed by atoms with Crippen LogP contribution in [0.25, 0.3) is 0 Å². The lowest BCUT2D eigenvalue weighted by Crippen LogP contribution is -2.57. The molecule has 0 saturated carbocycles. The number of para-hydroxylation sites is 4. The predicted octanol–water partition coefficient (Wildman–Crippen LogP) is 12.6. The Morgan fingerprint density at radius 1 is 0.484 bits per heavy atom. The van der Waals surface area contributed by atoms with Crippen LogP contribution in [0.1, 0.15) is 131 Å². The molecule has 6 atom stereocenters. The molecule has 0 amide bonds. The monoisotopic (exact) mass is 844 g/mol. The summed E-state index contributed by atoms with van der Waals surface area (Å²) in [5.41, 5.74) is 15.4. The highest BCUT2D eigenvalue weighted by Crippen LogP contribution is 2.70. The van der Waals surface area contributed by atoms with Crippen LogP contribution >= 0.6 is 0 Å². The van der Waals surface area contributed by atoms with Crippen LogP contribution in [0.15, 0.2) is 143 Å². The summed E-state index contributed by atoms with van der Waals surface area (Å²) < 4.78 is 0. The summed E-state index contributed by atoms with van der Waals surface area (Å²) in [6, 6.07) is 45.4. The summed E-state index contributed by atoms with van der Waals surface area (Å²) in [5, 5.41) is 4.24. The molecule has 2 aliphatic carbocycles. The minimum Gasteiger partial charge on any atom is -0.298 e. The molecule has 12 rings (SSSR count). The highest BCUT2D eigenvalue weighted by atomic mass is 16.7. The van der Waals surface area contributed by atoms with E-state index in [9.17, 15) is 9.59 Å². The molecule has 2 fully saturated rings. The first-order chi connectivity index (χ1) is 30.7. The van der Waals surface area contributed by atoms with E-state index in [1.165, 1.54) is 33.4 Å². The Balaban J connectivity index is 0.000000143. The van der Waals surface area contributed by atoms with Gasteiger partial charge in [0.1, 0.15) is 12.2 Å². The van der Waals surface area contributed by atoms with Crippen molar-refractivity contribution in [3.05, 3.63) is 189 Å². The molecule has 6 aromatic rings. The van der Waals surface area contributed by atoms with Crippen LogP contribution in [0.5, 0.6) is 0 Å². The average molecular weight is 845 g/mol. The molecule has 0 radical (unpaired) electrons. The number of carbonyl (C=O) groups is 2. The van der Waals surface area contributed by atoms with Gasteiger partial charge < -0.3 is 0 Å². The largest absolute Gasteiger partial charge is 0.298 e. The second kappa shape index (κ2) is 14.0. The van der Waals surface area contributed by atoms with Gasteiger partial charge >= 0.3 is 0 Å². The van der Waals surface area contributed by atoms with E-state index >= 15 is 0 Å². The van der Waals surface area contributed by atoms with Gasteiger partial charge in [-0.2, -0.15) is 0 Å². The smallest absolute Gasteiger partial charge is 0.152 e. The molecule has 4 aliphatic heterocycles. The maximum Gasteiger partial charge on any atom is 0.152 e. The number of aliphatic imine (C=N–C) groups is 2. The Kier molecular flexibility index (Phi) is 8.82. The Morgan fingerprint density at radius 3 is 1.27 bits per heavy atom. The van der Waals surface area contributed by atoms with E-state index in [4.69, 9.17) is 19.7 Å². The van der Waals surface area contributed by atoms with Crippen molar-refractivity contribution in [3.63, 3.8) is 0 Å². The fourth-order valence-corrected chi connectivity index (χ4v) is 12.8. The van der Waals surface area contributed by atoms with Crippen molar-refractivity contribution in [2.45, 2.75) is 90.5 Å². The van der Waals surface area contributed by atoms with E-state index in [2.05, 4.69) is 150 Å². The standard InChI is InChI=1S/2C28H26N2O2/c2*1-17-13-14-19-21(15-17)24-27(2,3)30-23-12-8-6-10-20(23)26(32-30)28(24,4)25(19)29-22-11-7-5-9-18(22)16-31/h2*5-16,24,26H,1-4H3/t2*24-,26-,28+/m11/s1. The van der Waals surface area contributed by atoms with Gasteiger partial charge in [-0.05, 0) is 89.1 Å². The van der Waals surface area contributed by atoms with Crippen molar-refractivity contribution in [1.29, 1.82) is 0 Å². The normalized spacial score (nSPS) is 27.8. The van der Waals surface area contributed by atoms with Crippen molar-refractivity contribution in [1.82, 2.24) is 0 Å². The van der Waals surface area contributed by atoms with Crippen LogP contribution in [-0.2, 0) is 9.68 Å². The number of aldehydes is 2. The first-order valence-electron chi connectivity index (χ1n) is 22.3. The van der Waals surface area contributed by atoms with Crippen LogP contribution in [0.3, 0.4) is 0 Å². The maximum atomic E-state index is 11.7. The third-order valence-electron chi connectivity index (χ3n) is 15.2. The van der Waals surface area contributed by atoms with Gasteiger partial charge in [0.25, 0.3) is 0 Å². The zero-order chi connectivity index (χ0) is 44.5. The van der Waals surface area contributed by atoms with Gasteiger partial charge in [0.2, 0.25) is 0 Å². The van der Waals surface area contributed by atoms with Crippen molar-refractivity contribution >= 4 is 46.7 Å². The second-order valence-electron chi connectivity index (χ2n) is 19.9. The first-order valence-corrected chi connectivity index (χ1v) is 22.3. The van der Waals surface area contributed by atoms with Crippen LogP contribution in [0.2, 0.25) is 0 Å². The van der Waals surface area contributed by atoms with Gasteiger partial charge in [-0.3, -0.25) is 29.2 Å². The Bertz CT molecular complexity index is 2820. The molecule has 8 nitrogen and oxygen atoms in total. The Hall–Kier alpha value is -6.48. The summed E-state index contributed by atoms with van der Waals surface area (Å²) in [4.78, 5) is 47.2. The number of fused-ring (bicyclic) bond motifs is 18. The SMILES string of the molecule is Cc1ccc2c(c1)[C@@H]1C(C)(C)N3O[C@H](c4ccccc43)[C@]1(C)C2=Nc1ccccc1C=O.Cc1ccc2c(c1)[C@@H]1C(C)(C)N3O[C@H](c4ccccc43)[C@]1(C)C2=Nc1ccccc1C=O. The molecule has 0 spiro atoms. The number of carbonyl (C=O) groups excluding carboxylic acids is 2. The summed E-state index contributed by atoms with van der Waals surface area (Å²) in [5.74, 6) is 0.358. The number of anilines is 2.